The van der Waals surface area contributed by atoms with Crippen molar-refractivity contribution in [2.24, 2.45) is 0 Å². The zero-order valence-corrected chi connectivity index (χ0v) is 22.7. The molecule has 0 radical (unpaired) electrons. The van der Waals surface area contributed by atoms with Crippen LogP contribution in [0.3, 0.4) is 0 Å². The normalized spacial score (nSPS) is 9.72. The summed E-state index contributed by atoms with van der Waals surface area (Å²) >= 11 is 0. The van der Waals surface area contributed by atoms with Crippen LogP contribution in [0.25, 0.3) is 0 Å². The number of hydrogen-bond acceptors (Lipinski definition) is 14. The van der Waals surface area contributed by atoms with Crippen molar-refractivity contribution in [3.8, 4) is 0 Å². The summed E-state index contributed by atoms with van der Waals surface area (Å²) in [5.41, 5.74) is -5.95. The first-order valence-electron chi connectivity index (χ1n) is 6.23. The molecule has 0 amide bonds. The fourth-order valence-electron chi connectivity index (χ4n) is 1.37. The third-order valence-corrected chi connectivity index (χ3v) is 2.51. The van der Waals surface area contributed by atoms with E-state index in [1.807, 2.05) is 0 Å². The summed E-state index contributed by atoms with van der Waals surface area (Å²) in [7, 11) is 0. The van der Waals surface area contributed by atoms with Crippen LogP contribution in [0.2, 0.25) is 0 Å². The van der Waals surface area contributed by atoms with Crippen LogP contribution < -0.4 is 30.6 Å². The Morgan fingerprint density at radius 3 is 0.690 bits per heavy atom. The van der Waals surface area contributed by atoms with E-state index in [4.69, 9.17) is 10.2 Å². The number of carboxylic acids is 6. The topological polar surface area (TPSA) is 281 Å². The summed E-state index contributed by atoms with van der Waals surface area (Å²) in [6.07, 6.45) is -5.43. The minimum absolute atomic E-state index is 0. The zero-order chi connectivity index (χ0) is 21.3. The fourth-order valence-corrected chi connectivity index (χ4v) is 1.37. The molecule has 0 spiro atoms. The Kier molecular flexibility index (Phi) is 22.5. The van der Waals surface area contributed by atoms with E-state index in [9.17, 15) is 59.4 Å². The van der Waals surface area contributed by atoms with Crippen molar-refractivity contribution >= 4 is 108 Å². The number of aliphatic hydroxyl groups is 2. The molecule has 29 heavy (non-hydrogen) atoms. The number of carboxylic acid groups (broad SMARTS) is 6. The Balaban J connectivity index is -0.000000120. The maximum absolute atomic E-state index is 10.1. The Morgan fingerprint density at radius 1 is 0.483 bits per heavy atom. The molecule has 0 aliphatic heterocycles. The molecule has 0 aromatic rings. The average Bonchev–Trinajstić information content (AvgIpc) is 2.34. The number of rotatable bonds is 10. The van der Waals surface area contributed by atoms with Crippen molar-refractivity contribution in [2.75, 3.05) is 0 Å². The van der Waals surface area contributed by atoms with E-state index < -0.39 is 72.7 Å². The number of carbonyl (C=O) groups excluding carboxylic acids is 6. The van der Waals surface area contributed by atoms with Gasteiger partial charge in [-0.25, -0.2) is 0 Å². The van der Waals surface area contributed by atoms with Crippen molar-refractivity contribution in [3.05, 3.63) is 0 Å². The van der Waals surface area contributed by atoms with Crippen molar-refractivity contribution in [1.82, 2.24) is 0 Å². The molecule has 0 atom stereocenters. The van der Waals surface area contributed by atoms with Crippen LogP contribution in [0.1, 0.15) is 25.7 Å². The summed E-state index contributed by atoms with van der Waals surface area (Å²) in [6, 6.07) is 0. The summed E-state index contributed by atoms with van der Waals surface area (Å²) in [4.78, 5) is 60.0. The maximum atomic E-state index is 10.1. The smallest absolute Gasteiger partial charge is 0.550 e. The molecule has 0 aliphatic carbocycles. The molecule has 0 aromatic carbocycles. The molecule has 148 valence electrons. The van der Waals surface area contributed by atoms with Crippen LogP contribution in [-0.2, 0) is 28.8 Å². The number of hydrogen-bond donors (Lipinski definition) is 2. The third kappa shape index (κ3) is 17.7. The van der Waals surface area contributed by atoms with Gasteiger partial charge in [0.1, 0.15) is 11.2 Å². The van der Waals surface area contributed by atoms with Crippen molar-refractivity contribution in [2.45, 2.75) is 36.9 Å². The Morgan fingerprint density at radius 2 is 0.621 bits per heavy atom. The minimum atomic E-state index is -2.97. The van der Waals surface area contributed by atoms with Gasteiger partial charge >= 0.3 is 71.7 Å². The predicted molar refractivity (Wildman–Crippen MR) is 75.7 cm³/mol. The van der Waals surface area contributed by atoms with Gasteiger partial charge in [-0.15, -0.1) is 0 Å². The zero-order valence-electron chi connectivity index (χ0n) is 14.1. The summed E-state index contributed by atoms with van der Waals surface area (Å²) < 4.78 is 0. The maximum Gasteiger partial charge on any atom is 4.00 e. The van der Waals surface area contributed by atoms with Gasteiger partial charge in [0.15, 0.2) is 0 Å². The van der Waals surface area contributed by atoms with Gasteiger partial charge in [-0.3, -0.25) is 0 Å². The average molecular weight is 734 g/mol. The van der Waals surface area contributed by atoms with Crippen LogP contribution in [0.5, 0.6) is 0 Å². The molecule has 14 nitrogen and oxygen atoms in total. The van der Waals surface area contributed by atoms with E-state index >= 15 is 0 Å². The number of aliphatic carboxylic acids is 6. The second-order valence-electron chi connectivity index (χ2n) is 4.83. The molecular formula is C12H10O14Sn3+6. The van der Waals surface area contributed by atoms with Gasteiger partial charge in [-0.1, -0.05) is 0 Å². The van der Waals surface area contributed by atoms with Crippen LogP contribution in [0.4, 0.5) is 0 Å². The summed E-state index contributed by atoms with van der Waals surface area (Å²) in [6.45, 7) is 0. The molecule has 0 bridgehead atoms. The Bertz CT molecular complexity index is 521. The van der Waals surface area contributed by atoms with Gasteiger partial charge in [-0.05, 0) is 0 Å². The standard InChI is InChI=1S/2C6H8O7.3Sn/c2*7-3(8)1-6(13,5(11)12)2-4(9)10;;;/h2*13H,1-2H2,(H,7,8)(H,9,10)(H,11,12);;;/q;;3*+4/p-6. The van der Waals surface area contributed by atoms with E-state index in [0.29, 0.717) is 0 Å². The molecule has 2 N–H and O–H groups in total. The molecular weight excluding hydrogens is 724 g/mol. The summed E-state index contributed by atoms with van der Waals surface area (Å²) in [5.74, 6) is -12.0. The van der Waals surface area contributed by atoms with E-state index in [1.165, 1.54) is 0 Å². The molecule has 0 rings (SSSR count). The van der Waals surface area contributed by atoms with Crippen LogP contribution in [-0.4, -0.2) is 129 Å². The monoisotopic (exact) mass is 738 g/mol. The molecule has 0 unspecified atom stereocenters. The van der Waals surface area contributed by atoms with Gasteiger partial charge < -0.3 is 69.6 Å². The van der Waals surface area contributed by atoms with Gasteiger partial charge in [0.2, 0.25) is 0 Å². The minimum Gasteiger partial charge on any atom is -0.550 e. The first-order valence-corrected chi connectivity index (χ1v) is 6.23. The quantitative estimate of drug-likeness (QED) is 0.197. The second-order valence-corrected chi connectivity index (χ2v) is 4.83. The second kappa shape index (κ2) is 16.9. The van der Waals surface area contributed by atoms with Crippen molar-refractivity contribution < 1.29 is 69.6 Å². The van der Waals surface area contributed by atoms with E-state index in [-0.39, 0.29) is 71.7 Å². The van der Waals surface area contributed by atoms with E-state index in [2.05, 4.69) is 0 Å². The molecule has 0 fully saturated rings. The summed E-state index contributed by atoms with van der Waals surface area (Å²) in [5, 5.41) is 77.9. The molecule has 0 heterocycles. The van der Waals surface area contributed by atoms with Crippen LogP contribution in [0, 0.1) is 0 Å². The van der Waals surface area contributed by atoms with Crippen LogP contribution >= 0.6 is 0 Å². The van der Waals surface area contributed by atoms with Crippen molar-refractivity contribution in [1.29, 1.82) is 0 Å². The molecule has 17 heteroatoms. The molecule has 0 saturated carbocycles. The first kappa shape index (κ1) is 38.7. The van der Waals surface area contributed by atoms with Crippen molar-refractivity contribution in [3.63, 3.8) is 0 Å². The van der Waals surface area contributed by atoms with Gasteiger partial charge in [0.25, 0.3) is 0 Å². The predicted octanol–water partition coefficient (Wildman–Crippen LogP) is -11.6. The van der Waals surface area contributed by atoms with Crippen LogP contribution in [0.15, 0.2) is 0 Å². The molecule has 0 aliphatic rings. The van der Waals surface area contributed by atoms with E-state index in [0.717, 1.165) is 0 Å². The SMILES string of the molecule is O=C([O-])CC(O)(CC(=O)[O-])C(=O)[O-].O=C([O-])CC(O)(CC(=O)[O-])C(=O)[O-].[Sn+4].[Sn+4].[Sn+4]. The van der Waals surface area contributed by atoms with Gasteiger partial charge in [0.05, 0.1) is 11.9 Å². The first-order chi connectivity index (χ1) is 11.6. The largest absolute Gasteiger partial charge is 4.00 e. The Hall–Kier alpha value is -0.864. The molecule has 0 aromatic heterocycles. The third-order valence-electron chi connectivity index (χ3n) is 2.51. The fraction of sp³-hybridized carbons (Fsp3) is 0.500. The van der Waals surface area contributed by atoms with Gasteiger partial charge in [-0.2, -0.15) is 0 Å². The van der Waals surface area contributed by atoms with E-state index in [1.54, 1.807) is 0 Å². The van der Waals surface area contributed by atoms with Gasteiger partial charge in [0, 0.05) is 49.6 Å². The Labute approximate surface area is 212 Å². The molecule has 0 saturated heterocycles. The number of carbonyl (C=O) groups is 6.